The van der Waals surface area contributed by atoms with E-state index in [9.17, 15) is 0 Å². The van der Waals surface area contributed by atoms with E-state index >= 15 is 0 Å². The van der Waals surface area contributed by atoms with E-state index in [1.165, 1.54) is 0 Å². The first-order valence-electron chi connectivity index (χ1n) is 10.3. The molecule has 0 aromatic heterocycles. The molecule has 0 N–H and O–H groups in total. The quantitative estimate of drug-likeness (QED) is 0.742. The SMILES string of the molecule is CC1(C)O[C@@H]2[C@H](O1)[C@H]1OC(C)(C)O[C@H]1O[C@@H]2[C@H](N=Cc1ccccc1)C1CC1. The van der Waals surface area contributed by atoms with Crippen molar-refractivity contribution in [3.63, 3.8) is 0 Å². The van der Waals surface area contributed by atoms with Crippen LogP contribution in [0, 0.1) is 5.92 Å². The monoisotopic (exact) mass is 387 g/mol. The van der Waals surface area contributed by atoms with Gasteiger partial charge in [-0.25, -0.2) is 0 Å². The molecule has 4 aliphatic rings. The van der Waals surface area contributed by atoms with E-state index in [-0.39, 0.29) is 30.5 Å². The molecule has 5 rings (SSSR count). The van der Waals surface area contributed by atoms with E-state index in [2.05, 4.69) is 12.1 Å². The van der Waals surface area contributed by atoms with Gasteiger partial charge in [0.05, 0.1) is 6.04 Å². The Morgan fingerprint density at radius 2 is 1.54 bits per heavy atom. The van der Waals surface area contributed by atoms with Gasteiger partial charge in [0.15, 0.2) is 17.9 Å². The number of aliphatic imine (C=N–C) groups is 1. The van der Waals surface area contributed by atoms with Crippen molar-refractivity contribution in [1.82, 2.24) is 0 Å². The number of nitrogens with zero attached hydrogens (tertiary/aromatic N) is 1. The van der Waals surface area contributed by atoms with Crippen molar-refractivity contribution in [2.75, 3.05) is 0 Å². The average molecular weight is 387 g/mol. The Balaban J connectivity index is 1.44. The van der Waals surface area contributed by atoms with Crippen molar-refractivity contribution < 1.29 is 23.7 Å². The first-order valence-corrected chi connectivity index (χ1v) is 10.3. The van der Waals surface area contributed by atoms with Crippen molar-refractivity contribution in [3.8, 4) is 0 Å². The normalized spacial score (nSPS) is 39.6. The number of hydrogen-bond donors (Lipinski definition) is 0. The molecular formula is C22H29NO5. The number of fused-ring (bicyclic) bond motifs is 3. The third-order valence-electron chi connectivity index (χ3n) is 5.83. The van der Waals surface area contributed by atoms with Gasteiger partial charge in [-0.05, 0) is 52.0 Å². The maximum atomic E-state index is 6.44. The Morgan fingerprint density at radius 3 is 2.25 bits per heavy atom. The highest BCUT2D eigenvalue weighted by atomic mass is 16.9. The van der Waals surface area contributed by atoms with Crippen LogP contribution in [0.4, 0.5) is 0 Å². The van der Waals surface area contributed by atoms with Crippen LogP contribution in [0.5, 0.6) is 0 Å². The summed E-state index contributed by atoms with van der Waals surface area (Å²) in [4.78, 5) is 4.96. The van der Waals surface area contributed by atoms with Crippen molar-refractivity contribution in [2.24, 2.45) is 10.9 Å². The molecule has 0 spiro atoms. The molecule has 1 saturated carbocycles. The predicted octanol–water partition coefficient (Wildman–Crippen LogP) is 3.28. The third-order valence-corrected chi connectivity index (χ3v) is 5.83. The Kier molecular flexibility index (Phi) is 4.41. The molecule has 1 aromatic rings. The van der Waals surface area contributed by atoms with Gasteiger partial charge >= 0.3 is 0 Å². The van der Waals surface area contributed by atoms with E-state index in [0.29, 0.717) is 5.92 Å². The van der Waals surface area contributed by atoms with Crippen molar-refractivity contribution in [3.05, 3.63) is 35.9 Å². The number of rotatable bonds is 4. The van der Waals surface area contributed by atoms with Crippen molar-refractivity contribution in [2.45, 2.75) is 88.9 Å². The second-order valence-corrected chi connectivity index (χ2v) is 9.15. The van der Waals surface area contributed by atoms with Gasteiger partial charge < -0.3 is 23.7 Å². The van der Waals surface area contributed by atoms with Gasteiger partial charge in [-0.2, -0.15) is 0 Å². The van der Waals surface area contributed by atoms with Gasteiger partial charge in [0.1, 0.15) is 24.4 Å². The lowest BCUT2D eigenvalue weighted by atomic mass is 9.92. The zero-order valence-electron chi connectivity index (χ0n) is 16.9. The maximum absolute atomic E-state index is 6.44. The fraction of sp³-hybridized carbons (Fsp3) is 0.682. The zero-order valence-corrected chi connectivity index (χ0v) is 16.9. The fourth-order valence-electron chi connectivity index (χ4n) is 4.54. The summed E-state index contributed by atoms with van der Waals surface area (Å²) in [5, 5.41) is 0. The van der Waals surface area contributed by atoms with E-state index < -0.39 is 17.9 Å². The van der Waals surface area contributed by atoms with Crippen molar-refractivity contribution >= 4 is 6.21 Å². The van der Waals surface area contributed by atoms with Crippen LogP contribution in [-0.2, 0) is 23.7 Å². The first-order chi connectivity index (χ1) is 13.3. The summed E-state index contributed by atoms with van der Waals surface area (Å²) in [7, 11) is 0. The molecule has 3 saturated heterocycles. The van der Waals surface area contributed by atoms with Crippen LogP contribution in [0.3, 0.4) is 0 Å². The van der Waals surface area contributed by atoms with Crippen LogP contribution in [0.25, 0.3) is 0 Å². The van der Waals surface area contributed by atoms with E-state index in [4.69, 9.17) is 28.7 Å². The standard InChI is InChI=1S/C22H29NO5/c1-21(2)25-17-16(24-20-19(18(17)26-21)27-22(3,4)28-20)15(14-10-11-14)23-12-13-8-6-5-7-9-13/h5-9,12,14-20H,10-11H2,1-4H3/t15-,16-,17+,18+,19-,20-/m1/s1. The van der Waals surface area contributed by atoms with E-state index in [1.807, 2.05) is 52.1 Å². The molecule has 6 atom stereocenters. The molecule has 3 aliphatic heterocycles. The zero-order chi connectivity index (χ0) is 19.5. The summed E-state index contributed by atoms with van der Waals surface area (Å²) >= 11 is 0. The lowest BCUT2D eigenvalue weighted by molar-refractivity contribution is -0.238. The maximum Gasteiger partial charge on any atom is 0.190 e. The van der Waals surface area contributed by atoms with E-state index in [0.717, 1.165) is 18.4 Å². The molecule has 1 aromatic carbocycles. The highest BCUT2D eigenvalue weighted by Gasteiger charge is 2.62. The largest absolute Gasteiger partial charge is 0.342 e. The summed E-state index contributed by atoms with van der Waals surface area (Å²) < 4.78 is 31.1. The summed E-state index contributed by atoms with van der Waals surface area (Å²) in [6, 6.07) is 10.2. The molecule has 3 heterocycles. The molecule has 0 radical (unpaired) electrons. The van der Waals surface area contributed by atoms with Gasteiger partial charge in [-0.3, -0.25) is 4.99 Å². The number of ether oxygens (including phenoxy) is 5. The highest BCUT2D eigenvalue weighted by Crippen LogP contribution is 2.48. The second-order valence-electron chi connectivity index (χ2n) is 9.15. The Morgan fingerprint density at radius 1 is 0.893 bits per heavy atom. The van der Waals surface area contributed by atoms with Crippen LogP contribution >= 0.6 is 0 Å². The smallest absolute Gasteiger partial charge is 0.190 e. The molecule has 6 nitrogen and oxygen atoms in total. The molecule has 6 heteroatoms. The van der Waals surface area contributed by atoms with Crippen LogP contribution in [0.1, 0.15) is 46.1 Å². The van der Waals surface area contributed by atoms with Gasteiger partial charge in [-0.1, -0.05) is 30.3 Å². The summed E-state index contributed by atoms with van der Waals surface area (Å²) in [6.45, 7) is 7.70. The van der Waals surface area contributed by atoms with Crippen LogP contribution in [0.2, 0.25) is 0 Å². The summed E-state index contributed by atoms with van der Waals surface area (Å²) in [5.41, 5.74) is 1.09. The molecule has 0 unspecified atom stereocenters. The summed E-state index contributed by atoms with van der Waals surface area (Å²) in [6.07, 6.45) is 2.83. The number of hydrogen-bond acceptors (Lipinski definition) is 6. The fourth-order valence-corrected chi connectivity index (χ4v) is 4.54. The minimum atomic E-state index is -0.701. The topological polar surface area (TPSA) is 58.5 Å². The molecule has 0 amide bonds. The lowest BCUT2D eigenvalue weighted by Crippen LogP contribution is -2.58. The Hall–Kier alpha value is -1.31. The number of benzene rings is 1. The lowest BCUT2D eigenvalue weighted by Gasteiger charge is -2.39. The Bertz CT molecular complexity index is 745. The third kappa shape index (κ3) is 3.53. The summed E-state index contributed by atoms with van der Waals surface area (Å²) in [5.74, 6) is -0.878. The molecule has 1 aliphatic carbocycles. The predicted molar refractivity (Wildman–Crippen MR) is 103 cm³/mol. The van der Waals surface area contributed by atoms with E-state index in [1.54, 1.807) is 0 Å². The molecule has 0 bridgehead atoms. The Labute approximate surface area is 166 Å². The molecule has 4 fully saturated rings. The molecule has 28 heavy (non-hydrogen) atoms. The first kappa shape index (κ1) is 18.7. The van der Waals surface area contributed by atoms with Gasteiger partial charge in [0.25, 0.3) is 0 Å². The second kappa shape index (κ2) is 6.61. The average Bonchev–Trinajstić information content (AvgIpc) is 3.34. The van der Waals surface area contributed by atoms with Crippen molar-refractivity contribution in [1.29, 1.82) is 0 Å². The minimum absolute atomic E-state index is 0.0125. The van der Waals surface area contributed by atoms with Gasteiger partial charge in [0.2, 0.25) is 0 Å². The molecule has 152 valence electrons. The van der Waals surface area contributed by atoms with Crippen LogP contribution in [0.15, 0.2) is 35.3 Å². The molecular weight excluding hydrogens is 358 g/mol. The van der Waals surface area contributed by atoms with Crippen LogP contribution in [-0.4, -0.2) is 54.5 Å². The highest BCUT2D eigenvalue weighted by molar-refractivity contribution is 5.79. The van der Waals surface area contributed by atoms with Gasteiger partial charge in [0, 0.05) is 6.21 Å². The van der Waals surface area contributed by atoms with Crippen LogP contribution < -0.4 is 0 Å². The van der Waals surface area contributed by atoms with Gasteiger partial charge in [-0.15, -0.1) is 0 Å². The minimum Gasteiger partial charge on any atom is -0.342 e.